The highest BCUT2D eigenvalue weighted by Gasteiger charge is 2.07. The van der Waals surface area contributed by atoms with E-state index in [0.29, 0.717) is 12.2 Å². The molecule has 4 heteroatoms. The molecule has 0 saturated heterocycles. The van der Waals surface area contributed by atoms with Crippen LogP contribution in [-0.4, -0.2) is 13.0 Å². The Morgan fingerprint density at radius 2 is 1.56 bits per heavy atom. The third-order valence-electron chi connectivity index (χ3n) is 3.68. The lowest BCUT2D eigenvalue weighted by molar-refractivity contribution is 0.102. The summed E-state index contributed by atoms with van der Waals surface area (Å²) in [5.74, 6) is -0.144. The number of nitrogens with one attached hydrogen (secondary N) is 2. The van der Waals surface area contributed by atoms with Crippen LogP contribution in [0.3, 0.4) is 0 Å². The van der Waals surface area contributed by atoms with Crippen molar-refractivity contribution < 1.29 is 9.53 Å². The van der Waals surface area contributed by atoms with Gasteiger partial charge >= 0.3 is 0 Å². The van der Waals surface area contributed by atoms with Crippen LogP contribution in [0.25, 0.3) is 0 Å². The van der Waals surface area contributed by atoms with Crippen LogP contribution < -0.4 is 10.6 Å². The van der Waals surface area contributed by atoms with Gasteiger partial charge in [-0.25, -0.2) is 0 Å². The first-order chi connectivity index (χ1) is 12.2. The normalized spacial score (nSPS) is 10.3. The van der Waals surface area contributed by atoms with Crippen molar-refractivity contribution in [2.45, 2.75) is 6.61 Å². The number of hydrogen-bond donors (Lipinski definition) is 2. The first-order valence-corrected chi connectivity index (χ1v) is 8.06. The van der Waals surface area contributed by atoms with Gasteiger partial charge in [-0.05, 0) is 48.0 Å². The molecule has 0 aromatic heterocycles. The van der Waals surface area contributed by atoms with Crippen LogP contribution in [0.4, 0.5) is 17.1 Å². The van der Waals surface area contributed by atoms with Crippen molar-refractivity contribution in [2.24, 2.45) is 0 Å². The van der Waals surface area contributed by atoms with Crippen LogP contribution in [0, 0.1) is 0 Å². The third-order valence-corrected chi connectivity index (χ3v) is 3.68. The summed E-state index contributed by atoms with van der Waals surface area (Å²) < 4.78 is 5.11. The third kappa shape index (κ3) is 4.68. The van der Waals surface area contributed by atoms with E-state index in [4.69, 9.17) is 4.74 Å². The number of ether oxygens (including phenoxy) is 1. The number of anilines is 3. The number of methoxy groups -OCH3 is 1. The molecule has 25 heavy (non-hydrogen) atoms. The molecule has 0 aliphatic rings. The zero-order chi connectivity index (χ0) is 17.5. The highest BCUT2D eigenvalue weighted by Crippen LogP contribution is 2.20. The van der Waals surface area contributed by atoms with E-state index in [0.717, 1.165) is 22.6 Å². The van der Waals surface area contributed by atoms with E-state index in [1.807, 2.05) is 72.8 Å². The van der Waals surface area contributed by atoms with Gasteiger partial charge in [0.25, 0.3) is 5.91 Å². The summed E-state index contributed by atoms with van der Waals surface area (Å²) in [4.78, 5) is 12.5. The minimum atomic E-state index is -0.144. The quantitative estimate of drug-likeness (QED) is 0.680. The lowest BCUT2D eigenvalue weighted by Gasteiger charge is -2.10. The van der Waals surface area contributed by atoms with Gasteiger partial charge in [-0.1, -0.05) is 36.4 Å². The Kier molecular flexibility index (Phi) is 5.44. The van der Waals surface area contributed by atoms with Crippen molar-refractivity contribution >= 4 is 23.0 Å². The van der Waals surface area contributed by atoms with Crippen LogP contribution in [0.5, 0.6) is 0 Å². The molecule has 0 aliphatic heterocycles. The molecule has 3 rings (SSSR count). The molecule has 0 saturated carbocycles. The zero-order valence-corrected chi connectivity index (χ0v) is 14.0. The van der Waals surface area contributed by atoms with Crippen LogP contribution >= 0.6 is 0 Å². The van der Waals surface area contributed by atoms with Crippen molar-refractivity contribution in [1.29, 1.82) is 0 Å². The molecule has 126 valence electrons. The first-order valence-electron chi connectivity index (χ1n) is 8.06. The molecule has 0 unspecified atom stereocenters. The summed E-state index contributed by atoms with van der Waals surface area (Å²) in [5.41, 5.74) is 4.23. The van der Waals surface area contributed by atoms with E-state index < -0.39 is 0 Å². The number of carbonyl (C=O) groups excluding carboxylic acids is 1. The maximum Gasteiger partial charge on any atom is 0.255 e. The topological polar surface area (TPSA) is 50.4 Å². The average Bonchev–Trinajstić information content (AvgIpc) is 2.63. The summed E-state index contributed by atoms with van der Waals surface area (Å²) in [6.07, 6.45) is 0. The highest BCUT2D eigenvalue weighted by molar-refractivity contribution is 6.04. The molecule has 0 spiro atoms. The van der Waals surface area contributed by atoms with Crippen molar-refractivity contribution in [1.82, 2.24) is 0 Å². The monoisotopic (exact) mass is 332 g/mol. The van der Waals surface area contributed by atoms with Crippen molar-refractivity contribution in [3.05, 3.63) is 90.0 Å². The summed E-state index contributed by atoms with van der Waals surface area (Å²) in [6.45, 7) is 0.484. The molecule has 0 heterocycles. The van der Waals surface area contributed by atoms with Gasteiger partial charge in [0.15, 0.2) is 0 Å². The van der Waals surface area contributed by atoms with Gasteiger partial charge in [0, 0.05) is 29.7 Å². The lowest BCUT2D eigenvalue weighted by Crippen LogP contribution is -2.12. The molecule has 3 aromatic rings. The number of carbonyl (C=O) groups is 1. The van der Waals surface area contributed by atoms with E-state index in [9.17, 15) is 4.79 Å². The van der Waals surface area contributed by atoms with E-state index >= 15 is 0 Å². The predicted octanol–water partition coefficient (Wildman–Crippen LogP) is 4.83. The second-order valence-corrected chi connectivity index (χ2v) is 5.66. The minimum absolute atomic E-state index is 0.144. The second kappa shape index (κ2) is 8.13. The molecule has 2 N–H and O–H groups in total. The van der Waals surface area contributed by atoms with Gasteiger partial charge in [-0.3, -0.25) is 4.79 Å². The molecule has 0 radical (unpaired) electrons. The number of para-hydroxylation sites is 1. The summed E-state index contributed by atoms with van der Waals surface area (Å²) in [6, 6.07) is 25.0. The molecular formula is C21H20N2O2. The smallest absolute Gasteiger partial charge is 0.255 e. The maximum absolute atomic E-state index is 12.5. The summed E-state index contributed by atoms with van der Waals surface area (Å²) in [7, 11) is 1.64. The van der Waals surface area contributed by atoms with Crippen molar-refractivity contribution in [2.75, 3.05) is 17.7 Å². The van der Waals surface area contributed by atoms with E-state index in [1.165, 1.54) is 0 Å². The highest BCUT2D eigenvalue weighted by atomic mass is 16.5. The van der Waals surface area contributed by atoms with Gasteiger partial charge in [-0.2, -0.15) is 0 Å². The van der Waals surface area contributed by atoms with Crippen LogP contribution in [0.2, 0.25) is 0 Å². The van der Waals surface area contributed by atoms with Gasteiger partial charge in [-0.15, -0.1) is 0 Å². The largest absolute Gasteiger partial charge is 0.380 e. The molecule has 0 aliphatic carbocycles. The maximum atomic E-state index is 12.5. The summed E-state index contributed by atoms with van der Waals surface area (Å²) >= 11 is 0. The van der Waals surface area contributed by atoms with Crippen LogP contribution in [0.1, 0.15) is 15.9 Å². The minimum Gasteiger partial charge on any atom is -0.380 e. The SMILES string of the molecule is COCc1cccc(C(=O)Nc2cccc(Nc3ccccc3)c2)c1. The number of rotatable bonds is 6. The Balaban J connectivity index is 1.71. The van der Waals surface area contributed by atoms with Gasteiger partial charge in [0.2, 0.25) is 0 Å². The Bertz CT molecular complexity index is 847. The van der Waals surface area contributed by atoms with Crippen molar-refractivity contribution in [3.63, 3.8) is 0 Å². The van der Waals surface area contributed by atoms with Gasteiger partial charge < -0.3 is 15.4 Å². The molecule has 0 atom stereocenters. The average molecular weight is 332 g/mol. The molecule has 4 nitrogen and oxygen atoms in total. The van der Waals surface area contributed by atoms with E-state index in [2.05, 4.69) is 10.6 Å². The zero-order valence-electron chi connectivity index (χ0n) is 14.0. The van der Waals surface area contributed by atoms with Crippen molar-refractivity contribution in [3.8, 4) is 0 Å². The first kappa shape index (κ1) is 16.7. The number of benzene rings is 3. The lowest BCUT2D eigenvalue weighted by atomic mass is 10.1. The summed E-state index contributed by atoms with van der Waals surface area (Å²) in [5, 5.41) is 6.25. The fourth-order valence-corrected chi connectivity index (χ4v) is 2.54. The van der Waals surface area contributed by atoms with E-state index in [-0.39, 0.29) is 5.91 Å². The van der Waals surface area contributed by atoms with Crippen LogP contribution in [-0.2, 0) is 11.3 Å². The number of amides is 1. The van der Waals surface area contributed by atoms with Gasteiger partial charge in [0.1, 0.15) is 0 Å². The molecule has 1 amide bonds. The molecule has 0 bridgehead atoms. The van der Waals surface area contributed by atoms with E-state index in [1.54, 1.807) is 13.2 Å². The Hall–Kier alpha value is -3.11. The molecule has 3 aromatic carbocycles. The number of hydrogen-bond acceptors (Lipinski definition) is 3. The fraction of sp³-hybridized carbons (Fsp3) is 0.0952. The Morgan fingerprint density at radius 3 is 2.36 bits per heavy atom. The second-order valence-electron chi connectivity index (χ2n) is 5.66. The fourth-order valence-electron chi connectivity index (χ4n) is 2.54. The molecular weight excluding hydrogens is 312 g/mol. The predicted molar refractivity (Wildman–Crippen MR) is 101 cm³/mol. The Morgan fingerprint density at radius 1 is 0.840 bits per heavy atom. The standard InChI is InChI=1S/C21H20N2O2/c1-25-15-16-7-5-8-17(13-16)21(24)23-20-12-6-11-19(14-20)22-18-9-3-2-4-10-18/h2-14,22H,15H2,1H3,(H,23,24). The van der Waals surface area contributed by atoms with Crippen LogP contribution in [0.15, 0.2) is 78.9 Å². The van der Waals surface area contributed by atoms with Gasteiger partial charge in [0.05, 0.1) is 6.61 Å². The Labute approximate surface area is 147 Å². The molecule has 0 fully saturated rings.